The van der Waals surface area contributed by atoms with Crippen LogP contribution in [0.25, 0.3) is 5.57 Å². The number of allylic oxidation sites excluding steroid dienone is 2. The topological polar surface area (TPSA) is 94.5 Å². The Bertz CT molecular complexity index is 1170. The number of likely N-dealkylation sites (tertiary alicyclic amines) is 2. The molecule has 2 fully saturated rings. The molecule has 1 atom stereocenters. The number of benzene rings is 1. The number of nitrogens with zero attached hydrogens (tertiary/aromatic N) is 4. The first kappa shape index (κ1) is 28.5. The zero-order chi connectivity index (χ0) is 27.9. The standard InChI is InChI=1S/C31H43N5O4/c1-22(2)30-32-29(40-34-30)20-35-16-12-23(13-17-35)21-39-28-10-8-25(9-11-28)24-4-6-26(7-5-24)31(37)36-18-14-27(15-19-36)33-38-3/h4,8-11,22-23,26H,5-7,12-21H2,1-3H3/p+1. The van der Waals surface area contributed by atoms with E-state index >= 15 is 0 Å². The van der Waals surface area contributed by atoms with Crippen LogP contribution in [0.1, 0.15) is 82.0 Å². The van der Waals surface area contributed by atoms with Gasteiger partial charge in [-0.25, -0.2) is 4.79 Å². The van der Waals surface area contributed by atoms with Gasteiger partial charge in [-0.15, -0.1) is 0 Å². The molecule has 216 valence electrons. The quantitative estimate of drug-likeness (QED) is 0.474. The summed E-state index contributed by atoms with van der Waals surface area (Å²) >= 11 is 0. The summed E-state index contributed by atoms with van der Waals surface area (Å²) in [7, 11) is 1.58. The molecule has 0 spiro atoms. The van der Waals surface area contributed by atoms with Crippen molar-refractivity contribution in [3.8, 4) is 5.75 Å². The summed E-state index contributed by atoms with van der Waals surface area (Å²) in [5.74, 6) is 3.76. The Balaban J connectivity index is 1.03. The van der Waals surface area contributed by atoms with Crippen molar-refractivity contribution in [1.82, 2.24) is 15.0 Å². The molecule has 2 saturated heterocycles. The highest BCUT2D eigenvalue weighted by Crippen LogP contribution is 2.31. The Hall–Kier alpha value is -3.04. The van der Waals surface area contributed by atoms with E-state index in [1.165, 1.54) is 11.1 Å². The smallest absolute Gasteiger partial charge is 0.315 e. The Labute approximate surface area is 237 Å². The molecule has 1 amide bonds. The largest absolute Gasteiger partial charge is 0.493 e. The van der Waals surface area contributed by atoms with E-state index in [1.807, 2.05) is 0 Å². The molecule has 1 unspecified atom stereocenters. The highest BCUT2D eigenvalue weighted by atomic mass is 16.6. The van der Waals surface area contributed by atoms with Crippen LogP contribution < -0.4 is 9.64 Å². The number of carbonyl (C=O) groups is 1. The van der Waals surface area contributed by atoms with Gasteiger partial charge in [0.05, 0.1) is 37.9 Å². The monoisotopic (exact) mass is 550 g/mol. The van der Waals surface area contributed by atoms with Crippen molar-refractivity contribution in [2.24, 2.45) is 17.0 Å². The fraction of sp³-hybridized carbons (Fsp3) is 0.613. The predicted octanol–water partition coefficient (Wildman–Crippen LogP) is 3.88. The molecule has 40 heavy (non-hydrogen) atoms. The average molecular weight is 551 g/mol. The van der Waals surface area contributed by atoms with Crippen molar-refractivity contribution >= 4 is 17.2 Å². The number of piperidine rings is 2. The Morgan fingerprint density at radius 1 is 1.12 bits per heavy atom. The molecule has 1 aromatic heterocycles. The summed E-state index contributed by atoms with van der Waals surface area (Å²) in [6.45, 7) is 9.32. The van der Waals surface area contributed by atoms with Gasteiger partial charge in [0, 0.05) is 18.8 Å². The van der Waals surface area contributed by atoms with Gasteiger partial charge in [-0.2, -0.15) is 4.98 Å². The first-order chi connectivity index (χ1) is 19.5. The average Bonchev–Trinajstić information content (AvgIpc) is 3.46. The minimum absolute atomic E-state index is 0.123. The van der Waals surface area contributed by atoms with Gasteiger partial charge in [0.15, 0.2) is 5.82 Å². The maximum atomic E-state index is 13.1. The lowest BCUT2D eigenvalue weighted by atomic mass is 9.85. The molecule has 5 rings (SSSR count). The van der Waals surface area contributed by atoms with Gasteiger partial charge in [0.2, 0.25) is 5.89 Å². The van der Waals surface area contributed by atoms with Gasteiger partial charge < -0.3 is 14.1 Å². The van der Waals surface area contributed by atoms with Gasteiger partial charge in [-0.05, 0) is 74.4 Å². The number of ether oxygens (including phenoxy) is 1. The van der Waals surface area contributed by atoms with Crippen LogP contribution in [0.15, 0.2) is 40.0 Å². The van der Waals surface area contributed by atoms with Crippen molar-refractivity contribution < 1.29 is 23.8 Å². The maximum absolute atomic E-state index is 13.1. The Kier molecular flexibility index (Phi) is 9.65. The normalized spacial score (nSPS) is 22.7. The summed E-state index contributed by atoms with van der Waals surface area (Å²) < 4.78 is 11.6. The van der Waals surface area contributed by atoms with Crippen molar-refractivity contribution in [3.63, 3.8) is 0 Å². The molecule has 1 aromatic carbocycles. The van der Waals surface area contributed by atoms with Crippen LogP contribution in [0.5, 0.6) is 5.75 Å². The lowest BCUT2D eigenvalue weighted by Crippen LogP contribution is -3.16. The SMILES string of the molecule is CON=C1CC[NH+](C(=O)C2CC=C(c3ccc(OCC4CCN(Cc5nc(C(C)C)no5)CC4)cc3)CC2)CC1. The molecule has 1 aliphatic carbocycles. The van der Waals surface area contributed by atoms with Gasteiger partial charge in [0.1, 0.15) is 12.9 Å². The van der Waals surface area contributed by atoms with Crippen LogP contribution in [0, 0.1) is 11.8 Å². The fourth-order valence-corrected chi connectivity index (χ4v) is 5.98. The predicted molar refractivity (Wildman–Crippen MR) is 153 cm³/mol. The van der Waals surface area contributed by atoms with Gasteiger partial charge in [-0.3, -0.25) is 9.80 Å². The highest BCUT2D eigenvalue weighted by molar-refractivity contribution is 5.85. The number of oxime groups is 1. The molecule has 3 aliphatic rings. The van der Waals surface area contributed by atoms with E-state index < -0.39 is 0 Å². The molecule has 3 heterocycles. The molecular weight excluding hydrogens is 506 g/mol. The zero-order valence-corrected chi connectivity index (χ0v) is 24.2. The zero-order valence-electron chi connectivity index (χ0n) is 24.2. The number of rotatable bonds is 9. The number of amides is 1. The first-order valence-electron chi connectivity index (χ1n) is 14.9. The van der Waals surface area contributed by atoms with Gasteiger partial charge in [0.25, 0.3) is 0 Å². The molecule has 2 aromatic rings. The fourth-order valence-electron chi connectivity index (χ4n) is 5.98. The molecule has 0 saturated carbocycles. The molecule has 1 N–H and O–H groups in total. The summed E-state index contributed by atoms with van der Waals surface area (Å²) in [4.78, 5) is 25.9. The van der Waals surface area contributed by atoms with E-state index in [9.17, 15) is 4.79 Å². The highest BCUT2D eigenvalue weighted by Gasteiger charge is 2.33. The number of carbonyl (C=O) groups excluding carboxylic acids is 1. The van der Waals surface area contributed by atoms with Crippen LogP contribution in [-0.4, -0.2) is 66.6 Å². The number of quaternary nitrogens is 1. The van der Waals surface area contributed by atoms with E-state index in [-0.39, 0.29) is 11.8 Å². The minimum Gasteiger partial charge on any atom is -0.493 e. The van der Waals surface area contributed by atoms with E-state index in [2.05, 4.69) is 64.4 Å². The summed E-state index contributed by atoms with van der Waals surface area (Å²) in [5.41, 5.74) is 3.64. The van der Waals surface area contributed by atoms with E-state index in [1.54, 1.807) is 7.11 Å². The second kappa shape index (κ2) is 13.5. The first-order valence-corrected chi connectivity index (χ1v) is 14.9. The number of hydrogen-bond acceptors (Lipinski definition) is 8. The maximum Gasteiger partial charge on any atom is 0.315 e. The third kappa shape index (κ3) is 7.37. The third-order valence-corrected chi connectivity index (χ3v) is 8.56. The number of aromatic nitrogens is 2. The van der Waals surface area contributed by atoms with Crippen LogP contribution >= 0.6 is 0 Å². The molecule has 9 nitrogen and oxygen atoms in total. The van der Waals surface area contributed by atoms with Crippen molar-refractivity contribution in [3.05, 3.63) is 47.6 Å². The number of hydrogen-bond donors (Lipinski definition) is 1. The van der Waals surface area contributed by atoms with Crippen molar-refractivity contribution in [1.29, 1.82) is 0 Å². The third-order valence-electron chi connectivity index (χ3n) is 8.56. The molecule has 2 aliphatic heterocycles. The Morgan fingerprint density at radius 2 is 1.88 bits per heavy atom. The van der Waals surface area contributed by atoms with Crippen molar-refractivity contribution in [2.75, 3.05) is 39.9 Å². The van der Waals surface area contributed by atoms with E-state index in [4.69, 9.17) is 14.1 Å². The van der Waals surface area contributed by atoms with Crippen LogP contribution in [0.4, 0.5) is 0 Å². The molecular formula is C31H44N5O4+. The van der Waals surface area contributed by atoms with Crippen LogP contribution in [0.3, 0.4) is 0 Å². The second-order valence-electron chi connectivity index (χ2n) is 11.8. The molecule has 0 bridgehead atoms. The summed E-state index contributed by atoms with van der Waals surface area (Å²) in [6.07, 6.45) is 8.88. The van der Waals surface area contributed by atoms with Crippen molar-refractivity contribution in [2.45, 2.75) is 71.3 Å². The summed E-state index contributed by atoms with van der Waals surface area (Å²) in [6, 6.07) is 8.49. The lowest BCUT2D eigenvalue weighted by Gasteiger charge is -2.30. The summed E-state index contributed by atoms with van der Waals surface area (Å²) in [5, 5.41) is 8.13. The minimum atomic E-state index is 0.123. The van der Waals surface area contributed by atoms with E-state index in [0.29, 0.717) is 17.7 Å². The second-order valence-corrected chi connectivity index (χ2v) is 11.8. The van der Waals surface area contributed by atoms with Gasteiger partial charge >= 0.3 is 5.91 Å². The van der Waals surface area contributed by atoms with Gasteiger partial charge in [-0.1, -0.05) is 42.4 Å². The molecule has 0 radical (unpaired) electrons. The van der Waals surface area contributed by atoms with Crippen LogP contribution in [-0.2, 0) is 16.2 Å². The molecule has 9 heteroatoms. The lowest BCUT2D eigenvalue weighted by molar-refractivity contribution is -0.823. The van der Waals surface area contributed by atoms with Crippen LogP contribution in [0.2, 0.25) is 0 Å². The Morgan fingerprint density at radius 3 is 2.50 bits per heavy atom. The number of nitrogens with one attached hydrogen (secondary N) is 1. The van der Waals surface area contributed by atoms with E-state index in [0.717, 1.165) is 106 Å².